The van der Waals surface area contributed by atoms with Gasteiger partial charge in [0, 0.05) is 31.5 Å². The van der Waals surface area contributed by atoms with E-state index in [-0.39, 0.29) is 18.2 Å². The summed E-state index contributed by atoms with van der Waals surface area (Å²) in [7, 11) is 0. The zero-order valence-electron chi connectivity index (χ0n) is 12.9. The average Bonchev–Trinajstić information content (AvgIpc) is 2.85. The van der Waals surface area contributed by atoms with E-state index in [9.17, 15) is 9.90 Å². The summed E-state index contributed by atoms with van der Waals surface area (Å²) < 4.78 is 2.09. The smallest absolute Gasteiger partial charge is 0.315 e. The molecule has 0 aromatic carbocycles. The molecule has 1 aliphatic carbocycles. The minimum Gasteiger partial charge on any atom is -0.393 e. The number of hydrogen-bond donors (Lipinski definition) is 3. The van der Waals surface area contributed by atoms with Crippen molar-refractivity contribution in [2.24, 2.45) is 5.92 Å². The quantitative estimate of drug-likeness (QED) is 0.768. The molecule has 118 valence electrons. The topological polar surface area (TPSA) is 79.2 Å². The highest BCUT2D eigenvalue weighted by Gasteiger charge is 2.20. The van der Waals surface area contributed by atoms with E-state index in [1.54, 1.807) is 6.20 Å². The van der Waals surface area contributed by atoms with E-state index in [2.05, 4.69) is 27.1 Å². The van der Waals surface area contributed by atoms with Crippen LogP contribution in [0.1, 0.15) is 38.4 Å². The summed E-state index contributed by atoms with van der Waals surface area (Å²) in [6.45, 7) is 5.57. The first-order valence-electron chi connectivity index (χ1n) is 7.74. The lowest BCUT2D eigenvalue weighted by Crippen LogP contribution is -2.45. The van der Waals surface area contributed by atoms with Gasteiger partial charge in [-0.25, -0.2) is 9.78 Å². The highest BCUT2D eigenvalue weighted by atomic mass is 16.3. The summed E-state index contributed by atoms with van der Waals surface area (Å²) in [6, 6.07) is 0.0881. The number of nitrogens with zero attached hydrogens (tertiary/aromatic N) is 2. The second-order valence-electron chi connectivity index (χ2n) is 6.09. The molecule has 0 radical (unpaired) electrons. The van der Waals surface area contributed by atoms with Crippen LogP contribution in [0.4, 0.5) is 4.79 Å². The molecule has 0 bridgehead atoms. The largest absolute Gasteiger partial charge is 0.393 e. The van der Waals surface area contributed by atoms with Crippen molar-refractivity contribution in [1.82, 2.24) is 20.2 Å². The Hall–Kier alpha value is -1.56. The maximum atomic E-state index is 11.9. The lowest BCUT2D eigenvalue weighted by molar-refractivity contribution is 0.117. The number of nitrogens with one attached hydrogen (secondary N) is 2. The van der Waals surface area contributed by atoms with E-state index in [0.29, 0.717) is 12.5 Å². The third-order valence-corrected chi connectivity index (χ3v) is 4.08. The first-order valence-corrected chi connectivity index (χ1v) is 7.74. The fraction of sp³-hybridized carbons (Fsp3) is 0.733. The molecule has 1 aliphatic rings. The highest BCUT2D eigenvalue weighted by molar-refractivity contribution is 5.74. The Morgan fingerprint density at radius 2 is 2.19 bits per heavy atom. The summed E-state index contributed by atoms with van der Waals surface area (Å²) in [5.41, 5.74) is 0. The van der Waals surface area contributed by atoms with Crippen LogP contribution in [0.2, 0.25) is 0 Å². The van der Waals surface area contributed by atoms with Gasteiger partial charge in [0.05, 0.1) is 6.10 Å². The van der Waals surface area contributed by atoms with Gasteiger partial charge in [0.15, 0.2) is 0 Å². The van der Waals surface area contributed by atoms with Crippen LogP contribution in [-0.2, 0) is 6.54 Å². The van der Waals surface area contributed by atoms with E-state index < -0.39 is 0 Å². The molecule has 1 fully saturated rings. The zero-order valence-corrected chi connectivity index (χ0v) is 12.9. The third kappa shape index (κ3) is 5.04. The standard InChI is InChI=1S/C15H26N4O2/c1-11(10-19-8-7-16-12(19)2)9-17-15(21)18-13-3-5-14(20)6-4-13/h7-8,11,13-14,20H,3-6,9-10H2,1-2H3,(H2,17,18,21). The first-order chi connectivity index (χ1) is 10.0. The fourth-order valence-corrected chi connectivity index (χ4v) is 2.72. The number of amides is 2. The molecule has 21 heavy (non-hydrogen) atoms. The predicted molar refractivity (Wildman–Crippen MR) is 80.9 cm³/mol. The van der Waals surface area contributed by atoms with Crippen molar-refractivity contribution in [3.8, 4) is 0 Å². The summed E-state index contributed by atoms with van der Waals surface area (Å²) in [4.78, 5) is 16.1. The Kier molecular flexibility index (Phi) is 5.61. The van der Waals surface area contributed by atoms with Gasteiger partial charge in [-0.05, 0) is 38.5 Å². The van der Waals surface area contributed by atoms with Crippen LogP contribution in [0.15, 0.2) is 12.4 Å². The summed E-state index contributed by atoms with van der Waals surface area (Å²) in [5, 5.41) is 15.4. The van der Waals surface area contributed by atoms with Crippen molar-refractivity contribution in [3.05, 3.63) is 18.2 Å². The van der Waals surface area contributed by atoms with Gasteiger partial charge in [-0.2, -0.15) is 0 Å². The molecule has 3 N–H and O–H groups in total. The normalized spacial score (nSPS) is 23.6. The average molecular weight is 294 g/mol. The molecule has 1 saturated carbocycles. The second-order valence-corrected chi connectivity index (χ2v) is 6.09. The van der Waals surface area contributed by atoms with Crippen LogP contribution < -0.4 is 10.6 Å². The van der Waals surface area contributed by atoms with Crippen molar-refractivity contribution in [2.75, 3.05) is 6.54 Å². The van der Waals surface area contributed by atoms with Crippen LogP contribution in [0.3, 0.4) is 0 Å². The van der Waals surface area contributed by atoms with Gasteiger partial charge < -0.3 is 20.3 Å². The van der Waals surface area contributed by atoms with Crippen molar-refractivity contribution in [3.63, 3.8) is 0 Å². The number of carbonyl (C=O) groups is 1. The molecule has 1 heterocycles. The van der Waals surface area contributed by atoms with Crippen LogP contribution in [0.25, 0.3) is 0 Å². The molecule has 1 atom stereocenters. The Morgan fingerprint density at radius 1 is 1.48 bits per heavy atom. The van der Waals surface area contributed by atoms with Crippen molar-refractivity contribution >= 4 is 6.03 Å². The molecule has 6 heteroatoms. The first kappa shape index (κ1) is 15.8. The van der Waals surface area contributed by atoms with Crippen molar-refractivity contribution in [2.45, 2.75) is 58.2 Å². The Morgan fingerprint density at radius 3 is 2.81 bits per heavy atom. The van der Waals surface area contributed by atoms with Crippen LogP contribution in [0.5, 0.6) is 0 Å². The van der Waals surface area contributed by atoms with E-state index in [1.807, 2.05) is 13.1 Å². The minimum atomic E-state index is -0.190. The van der Waals surface area contributed by atoms with Gasteiger partial charge in [0.2, 0.25) is 0 Å². The lowest BCUT2D eigenvalue weighted by atomic mass is 9.93. The number of aromatic nitrogens is 2. The van der Waals surface area contributed by atoms with Gasteiger partial charge in [-0.1, -0.05) is 6.92 Å². The number of rotatable bonds is 5. The van der Waals surface area contributed by atoms with Crippen molar-refractivity contribution < 1.29 is 9.90 Å². The molecular formula is C15H26N4O2. The van der Waals surface area contributed by atoms with Gasteiger partial charge >= 0.3 is 6.03 Å². The molecule has 1 aromatic rings. The second kappa shape index (κ2) is 7.45. The number of imidazole rings is 1. The molecule has 1 unspecified atom stereocenters. The van der Waals surface area contributed by atoms with Crippen LogP contribution in [0, 0.1) is 12.8 Å². The summed E-state index contributed by atoms with van der Waals surface area (Å²) in [5.74, 6) is 1.34. The Bertz CT molecular complexity index is 452. The number of hydrogen-bond acceptors (Lipinski definition) is 3. The van der Waals surface area contributed by atoms with E-state index in [4.69, 9.17) is 0 Å². The molecule has 2 rings (SSSR count). The molecule has 0 saturated heterocycles. The number of aliphatic hydroxyl groups excluding tert-OH is 1. The molecule has 0 aliphatic heterocycles. The highest BCUT2D eigenvalue weighted by Crippen LogP contribution is 2.18. The molecular weight excluding hydrogens is 268 g/mol. The van der Waals surface area contributed by atoms with Crippen molar-refractivity contribution in [1.29, 1.82) is 0 Å². The Balaban J connectivity index is 1.65. The minimum absolute atomic E-state index is 0.106. The fourth-order valence-electron chi connectivity index (χ4n) is 2.72. The maximum Gasteiger partial charge on any atom is 0.315 e. The number of aryl methyl sites for hydroxylation is 1. The number of aliphatic hydroxyl groups is 1. The summed E-state index contributed by atoms with van der Waals surface area (Å²) in [6.07, 6.45) is 6.84. The van der Waals surface area contributed by atoms with Gasteiger partial charge in [0.25, 0.3) is 0 Å². The molecule has 0 spiro atoms. The van der Waals surface area contributed by atoms with E-state index in [1.165, 1.54) is 0 Å². The molecule has 1 aromatic heterocycles. The monoisotopic (exact) mass is 294 g/mol. The van der Waals surface area contributed by atoms with E-state index in [0.717, 1.165) is 38.1 Å². The third-order valence-electron chi connectivity index (χ3n) is 4.08. The SMILES string of the molecule is Cc1nccn1CC(C)CNC(=O)NC1CCC(O)CC1. The predicted octanol–water partition coefficient (Wildman–Crippen LogP) is 1.43. The van der Waals surface area contributed by atoms with Gasteiger partial charge in [-0.15, -0.1) is 0 Å². The maximum absolute atomic E-state index is 11.9. The zero-order chi connectivity index (χ0) is 15.2. The van der Waals surface area contributed by atoms with E-state index >= 15 is 0 Å². The summed E-state index contributed by atoms with van der Waals surface area (Å²) >= 11 is 0. The Labute approximate surface area is 125 Å². The van der Waals surface area contributed by atoms with Crippen LogP contribution >= 0.6 is 0 Å². The van der Waals surface area contributed by atoms with Gasteiger partial charge in [-0.3, -0.25) is 0 Å². The lowest BCUT2D eigenvalue weighted by Gasteiger charge is -2.26. The number of carbonyl (C=O) groups excluding carboxylic acids is 1. The molecule has 6 nitrogen and oxygen atoms in total. The number of urea groups is 1. The van der Waals surface area contributed by atoms with Crippen LogP contribution in [-0.4, -0.2) is 39.4 Å². The molecule has 2 amide bonds. The van der Waals surface area contributed by atoms with Gasteiger partial charge in [0.1, 0.15) is 5.82 Å².